The minimum Gasteiger partial charge on any atom is -0.488 e. The van der Waals surface area contributed by atoms with E-state index in [9.17, 15) is 0 Å². The van der Waals surface area contributed by atoms with Crippen molar-refractivity contribution in [1.82, 2.24) is 15.3 Å². The van der Waals surface area contributed by atoms with Crippen molar-refractivity contribution in [3.8, 4) is 5.75 Å². The van der Waals surface area contributed by atoms with Crippen LogP contribution in [-0.4, -0.2) is 22.1 Å². The zero-order valence-electron chi connectivity index (χ0n) is 13.3. The third-order valence-electron chi connectivity index (χ3n) is 4.08. The maximum Gasteiger partial charge on any atom is 0.156 e. The van der Waals surface area contributed by atoms with Crippen molar-refractivity contribution < 1.29 is 4.74 Å². The van der Waals surface area contributed by atoms with Crippen LogP contribution < -0.4 is 10.1 Å². The van der Waals surface area contributed by atoms with Gasteiger partial charge in [0.2, 0.25) is 0 Å². The molecule has 1 aromatic rings. The van der Waals surface area contributed by atoms with Crippen LogP contribution in [0.2, 0.25) is 0 Å². The summed E-state index contributed by atoms with van der Waals surface area (Å²) in [7, 11) is 0. The quantitative estimate of drug-likeness (QED) is 0.917. The Morgan fingerprint density at radius 3 is 2.30 bits per heavy atom. The third kappa shape index (κ3) is 3.69. The van der Waals surface area contributed by atoms with Crippen molar-refractivity contribution in [2.45, 2.75) is 65.6 Å². The topological polar surface area (TPSA) is 47.0 Å². The molecule has 1 fully saturated rings. The molecule has 4 heteroatoms. The van der Waals surface area contributed by atoms with Crippen LogP contribution in [0.1, 0.15) is 59.3 Å². The molecule has 0 bridgehead atoms. The molecule has 112 valence electrons. The molecule has 20 heavy (non-hydrogen) atoms. The number of hydrogen-bond acceptors (Lipinski definition) is 4. The van der Waals surface area contributed by atoms with Gasteiger partial charge in [0.15, 0.2) is 5.75 Å². The molecule has 1 aliphatic heterocycles. The first-order chi connectivity index (χ1) is 9.47. The molecule has 2 heterocycles. The van der Waals surface area contributed by atoms with E-state index in [4.69, 9.17) is 4.74 Å². The van der Waals surface area contributed by atoms with Crippen LogP contribution in [0.25, 0.3) is 0 Å². The van der Waals surface area contributed by atoms with Gasteiger partial charge in [-0.05, 0) is 45.4 Å². The Bertz CT molecular complexity index is 416. The lowest BCUT2D eigenvalue weighted by molar-refractivity contribution is 0.190. The molecular formula is C16H27N3O. The van der Waals surface area contributed by atoms with Gasteiger partial charge in [0.05, 0.1) is 24.5 Å². The molecule has 0 aliphatic carbocycles. The summed E-state index contributed by atoms with van der Waals surface area (Å²) >= 11 is 0. The summed E-state index contributed by atoms with van der Waals surface area (Å²) in [6.45, 7) is 10.9. The van der Waals surface area contributed by atoms with Crippen LogP contribution >= 0.6 is 0 Å². The maximum atomic E-state index is 5.58. The molecule has 0 radical (unpaired) electrons. The summed E-state index contributed by atoms with van der Waals surface area (Å²) in [4.78, 5) is 8.92. The predicted octanol–water partition coefficient (Wildman–Crippen LogP) is 3.35. The van der Waals surface area contributed by atoms with E-state index in [0.717, 1.165) is 29.8 Å². The minimum atomic E-state index is 0.157. The molecule has 0 spiro atoms. The summed E-state index contributed by atoms with van der Waals surface area (Å²) in [6.07, 6.45) is 6.07. The fourth-order valence-electron chi connectivity index (χ4n) is 3.09. The number of hydrogen-bond donors (Lipinski definition) is 1. The van der Waals surface area contributed by atoms with Crippen molar-refractivity contribution in [3.05, 3.63) is 18.2 Å². The average molecular weight is 277 g/mol. The van der Waals surface area contributed by atoms with Gasteiger partial charge in [0.25, 0.3) is 0 Å². The van der Waals surface area contributed by atoms with Gasteiger partial charge in [-0.2, -0.15) is 0 Å². The van der Waals surface area contributed by atoms with E-state index in [1.807, 2.05) is 13.8 Å². The highest BCUT2D eigenvalue weighted by molar-refractivity contribution is 5.14. The van der Waals surface area contributed by atoms with Crippen LogP contribution in [0.3, 0.4) is 0 Å². The molecule has 3 atom stereocenters. The summed E-state index contributed by atoms with van der Waals surface area (Å²) in [6, 6.07) is 0.789. The van der Waals surface area contributed by atoms with Crippen molar-refractivity contribution in [2.75, 3.05) is 0 Å². The molecule has 3 unspecified atom stereocenters. The van der Waals surface area contributed by atoms with Crippen molar-refractivity contribution in [1.29, 1.82) is 0 Å². The smallest absolute Gasteiger partial charge is 0.156 e. The summed E-state index contributed by atoms with van der Waals surface area (Å²) in [5.74, 6) is 3.10. The Hall–Kier alpha value is -1.16. The van der Waals surface area contributed by atoms with E-state index in [0.29, 0.717) is 6.04 Å². The van der Waals surface area contributed by atoms with Crippen LogP contribution in [0.5, 0.6) is 5.75 Å². The number of piperidine rings is 1. The van der Waals surface area contributed by atoms with Gasteiger partial charge in [-0.3, -0.25) is 0 Å². The van der Waals surface area contributed by atoms with Gasteiger partial charge < -0.3 is 10.1 Å². The van der Waals surface area contributed by atoms with Gasteiger partial charge in [-0.1, -0.05) is 13.8 Å². The Labute approximate surface area is 122 Å². The number of nitrogens with zero attached hydrogens (tertiary/aromatic N) is 2. The zero-order valence-corrected chi connectivity index (χ0v) is 13.3. The SMILES string of the molecule is CC(C)Oc1cnc(C2CCC(C(C)C)C(C)N2)nc1. The van der Waals surface area contributed by atoms with Gasteiger partial charge in [0.1, 0.15) is 5.82 Å². The first-order valence-electron chi connectivity index (χ1n) is 7.72. The van der Waals surface area contributed by atoms with Crippen LogP contribution in [0.15, 0.2) is 12.4 Å². The number of aromatic nitrogens is 2. The lowest BCUT2D eigenvalue weighted by atomic mass is 9.80. The fraction of sp³-hybridized carbons (Fsp3) is 0.750. The van der Waals surface area contributed by atoms with Crippen LogP contribution in [-0.2, 0) is 0 Å². The average Bonchev–Trinajstić information content (AvgIpc) is 2.38. The maximum absolute atomic E-state index is 5.58. The van der Waals surface area contributed by atoms with Crippen molar-refractivity contribution in [2.24, 2.45) is 11.8 Å². The number of rotatable bonds is 4. The van der Waals surface area contributed by atoms with E-state index < -0.39 is 0 Å². The summed E-state index contributed by atoms with van der Waals surface area (Å²) in [5.41, 5.74) is 0. The van der Waals surface area contributed by atoms with E-state index >= 15 is 0 Å². The molecule has 0 saturated carbocycles. The Kier molecular flexibility index (Phi) is 4.97. The Balaban J connectivity index is 1.99. The standard InChI is InChI=1S/C16H27N3O/c1-10(2)14-6-7-15(19-12(14)5)16-17-8-13(9-18-16)20-11(3)4/h8-12,14-15,19H,6-7H2,1-5H3. The second-order valence-electron chi connectivity index (χ2n) is 6.44. The zero-order chi connectivity index (χ0) is 14.7. The molecule has 1 aromatic heterocycles. The van der Waals surface area contributed by atoms with Gasteiger partial charge >= 0.3 is 0 Å². The second-order valence-corrected chi connectivity index (χ2v) is 6.44. The second kappa shape index (κ2) is 6.53. The highest BCUT2D eigenvalue weighted by Gasteiger charge is 2.30. The Morgan fingerprint density at radius 2 is 1.80 bits per heavy atom. The van der Waals surface area contributed by atoms with Gasteiger partial charge in [-0.15, -0.1) is 0 Å². The predicted molar refractivity (Wildman–Crippen MR) is 80.7 cm³/mol. The van der Waals surface area contributed by atoms with Crippen molar-refractivity contribution in [3.63, 3.8) is 0 Å². The van der Waals surface area contributed by atoms with E-state index in [1.165, 1.54) is 6.42 Å². The highest BCUT2D eigenvalue weighted by atomic mass is 16.5. The minimum absolute atomic E-state index is 0.157. The van der Waals surface area contributed by atoms with E-state index in [-0.39, 0.29) is 12.1 Å². The lowest BCUT2D eigenvalue weighted by Crippen LogP contribution is -2.43. The summed E-state index contributed by atoms with van der Waals surface area (Å²) in [5, 5.41) is 3.66. The Morgan fingerprint density at radius 1 is 1.15 bits per heavy atom. The first-order valence-corrected chi connectivity index (χ1v) is 7.72. The first kappa shape index (κ1) is 15.2. The largest absolute Gasteiger partial charge is 0.488 e. The molecule has 1 N–H and O–H groups in total. The molecule has 4 nitrogen and oxygen atoms in total. The molecule has 1 aliphatic rings. The monoisotopic (exact) mass is 277 g/mol. The van der Waals surface area contributed by atoms with Gasteiger partial charge in [0, 0.05) is 6.04 Å². The highest BCUT2D eigenvalue weighted by Crippen LogP contribution is 2.31. The van der Waals surface area contributed by atoms with Crippen LogP contribution in [0.4, 0.5) is 0 Å². The third-order valence-corrected chi connectivity index (χ3v) is 4.08. The molecule has 1 saturated heterocycles. The normalized spacial score (nSPS) is 27.1. The molecule has 2 rings (SSSR count). The fourth-order valence-corrected chi connectivity index (χ4v) is 3.09. The van der Waals surface area contributed by atoms with Crippen molar-refractivity contribution >= 4 is 0 Å². The molecule has 0 aromatic carbocycles. The van der Waals surface area contributed by atoms with Crippen LogP contribution in [0, 0.1) is 11.8 Å². The van der Waals surface area contributed by atoms with E-state index in [1.54, 1.807) is 12.4 Å². The van der Waals surface area contributed by atoms with Gasteiger partial charge in [-0.25, -0.2) is 9.97 Å². The number of nitrogens with one attached hydrogen (secondary N) is 1. The molecular weight excluding hydrogens is 250 g/mol. The summed E-state index contributed by atoms with van der Waals surface area (Å²) < 4.78 is 5.58. The van der Waals surface area contributed by atoms with E-state index in [2.05, 4.69) is 36.1 Å². The number of ether oxygens (including phenoxy) is 1. The lowest BCUT2D eigenvalue weighted by Gasteiger charge is -2.37. The molecule has 0 amide bonds.